The topological polar surface area (TPSA) is 66.5 Å². The molecule has 1 N–H and O–H groups in total. The molecule has 5 nitrogen and oxygen atoms in total. The number of aryl methyl sites for hydroxylation is 3. The zero-order valence-corrected chi connectivity index (χ0v) is 17.9. The van der Waals surface area contributed by atoms with Crippen LogP contribution >= 0.6 is 11.6 Å². The molecule has 1 saturated heterocycles. The van der Waals surface area contributed by atoms with Crippen LogP contribution in [-0.2, 0) is 14.8 Å². The first-order valence-corrected chi connectivity index (χ1v) is 11.2. The number of benzene rings is 2. The second-order valence-electron chi connectivity index (χ2n) is 7.37. The summed E-state index contributed by atoms with van der Waals surface area (Å²) >= 11 is 6.11. The number of para-hydroxylation sites is 1. The molecule has 7 heteroatoms. The Labute approximate surface area is 171 Å². The van der Waals surface area contributed by atoms with E-state index in [0.29, 0.717) is 24.4 Å². The molecule has 1 fully saturated rings. The van der Waals surface area contributed by atoms with Crippen LogP contribution < -0.4 is 5.32 Å². The Hall–Kier alpha value is -1.89. The molecule has 0 saturated carbocycles. The quantitative estimate of drug-likeness (QED) is 0.801. The van der Waals surface area contributed by atoms with Gasteiger partial charge in [0.2, 0.25) is 15.9 Å². The largest absolute Gasteiger partial charge is 0.325 e. The summed E-state index contributed by atoms with van der Waals surface area (Å²) in [5, 5.41) is 3.41. The van der Waals surface area contributed by atoms with Crippen molar-refractivity contribution < 1.29 is 13.2 Å². The molecule has 1 aliphatic heterocycles. The van der Waals surface area contributed by atoms with E-state index in [1.165, 1.54) is 10.4 Å². The van der Waals surface area contributed by atoms with Gasteiger partial charge in [-0.3, -0.25) is 4.79 Å². The highest BCUT2D eigenvalue weighted by Crippen LogP contribution is 2.28. The highest BCUT2D eigenvalue weighted by atomic mass is 35.5. The SMILES string of the molecule is Cc1ccc(S(=O)(=O)N2CCC[C@@H](C(=O)Nc3c(C)cccc3C)C2)cc1Cl. The highest BCUT2D eigenvalue weighted by molar-refractivity contribution is 7.89. The van der Waals surface area contributed by atoms with Gasteiger partial charge in [-0.05, 0) is 62.4 Å². The van der Waals surface area contributed by atoms with Crippen LogP contribution in [0.2, 0.25) is 5.02 Å². The molecule has 3 rings (SSSR count). The van der Waals surface area contributed by atoms with Gasteiger partial charge in [-0.1, -0.05) is 35.9 Å². The number of anilines is 1. The van der Waals surface area contributed by atoms with Crippen molar-refractivity contribution in [2.75, 3.05) is 18.4 Å². The lowest BCUT2D eigenvalue weighted by atomic mass is 9.98. The molecule has 0 aromatic heterocycles. The van der Waals surface area contributed by atoms with Gasteiger partial charge in [-0.15, -0.1) is 0 Å². The van der Waals surface area contributed by atoms with Crippen LogP contribution in [0.5, 0.6) is 0 Å². The van der Waals surface area contributed by atoms with Crippen LogP contribution in [0, 0.1) is 26.7 Å². The maximum atomic E-state index is 13.0. The van der Waals surface area contributed by atoms with Crippen molar-refractivity contribution in [3.05, 3.63) is 58.1 Å². The summed E-state index contributed by atoms with van der Waals surface area (Å²) in [4.78, 5) is 13.0. The minimum Gasteiger partial charge on any atom is -0.325 e. The lowest BCUT2D eigenvalue weighted by Gasteiger charge is -2.31. The van der Waals surface area contributed by atoms with Crippen LogP contribution in [0.3, 0.4) is 0 Å². The molecule has 1 aliphatic rings. The number of halogens is 1. The summed E-state index contributed by atoms with van der Waals surface area (Å²) in [6.45, 7) is 6.29. The second kappa shape index (κ2) is 8.23. The summed E-state index contributed by atoms with van der Waals surface area (Å²) in [5.41, 5.74) is 3.61. The van der Waals surface area contributed by atoms with E-state index in [9.17, 15) is 13.2 Å². The zero-order valence-electron chi connectivity index (χ0n) is 16.3. The standard InChI is InChI=1S/C21H25ClN2O3S/c1-14-9-10-18(12-19(14)22)28(26,27)24-11-5-8-17(13-24)21(25)23-20-15(2)6-4-7-16(20)3/h4,6-7,9-10,12,17H,5,8,11,13H2,1-3H3,(H,23,25)/t17-/m1/s1. The van der Waals surface area contributed by atoms with Crippen molar-refractivity contribution >= 4 is 33.2 Å². The predicted molar refractivity (Wildman–Crippen MR) is 112 cm³/mol. The molecule has 150 valence electrons. The second-order valence-corrected chi connectivity index (χ2v) is 9.71. The Balaban J connectivity index is 1.78. The molecule has 2 aromatic rings. The van der Waals surface area contributed by atoms with E-state index in [2.05, 4.69) is 5.32 Å². The number of sulfonamides is 1. The Morgan fingerprint density at radius 3 is 2.43 bits per heavy atom. The average Bonchev–Trinajstić information content (AvgIpc) is 2.67. The fourth-order valence-electron chi connectivity index (χ4n) is 3.49. The molecule has 1 heterocycles. The van der Waals surface area contributed by atoms with Crippen molar-refractivity contribution in [3.63, 3.8) is 0 Å². The molecular weight excluding hydrogens is 396 g/mol. The summed E-state index contributed by atoms with van der Waals surface area (Å²) in [7, 11) is -3.69. The lowest BCUT2D eigenvalue weighted by Crippen LogP contribution is -2.43. The number of nitrogens with one attached hydrogen (secondary N) is 1. The highest BCUT2D eigenvalue weighted by Gasteiger charge is 2.33. The molecule has 0 radical (unpaired) electrons. The van der Waals surface area contributed by atoms with E-state index < -0.39 is 10.0 Å². The molecule has 1 atom stereocenters. The van der Waals surface area contributed by atoms with E-state index in [1.807, 2.05) is 39.0 Å². The molecule has 0 spiro atoms. The van der Waals surface area contributed by atoms with Gasteiger partial charge in [0.05, 0.1) is 10.8 Å². The maximum Gasteiger partial charge on any atom is 0.243 e. The Bertz CT molecular complexity index is 984. The number of amides is 1. The van der Waals surface area contributed by atoms with Crippen LogP contribution in [0.15, 0.2) is 41.3 Å². The van der Waals surface area contributed by atoms with Gasteiger partial charge in [0, 0.05) is 23.8 Å². The molecule has 28 heavy (non-hydrogen) atoms. The van der Waals surface area contributed by atoms with E-state index >= 15 is 0 Å². The van der Waals surface area contributed by atoms with Gasteiger partial charge >= 0.3 is 0 Å². The van der Waals surface area contributed by atoms with Crippen molar-refractivity contribution in [1.82, 2.24) is 4.31 Å². The summed E-state index contributed by atoms with van der Waals surface area (Å²) in [6, 6.07) is 10.6. The zero-order chi connectivity index (χ0) is 20.5. The van der Waals surface area contributed by atoms with E-state index in [4.69, 9.17) is 11.6 Å². The Morgan fingerprint density at radius 2 is 1.79 bits per heavy atom. The summed E-state index contributed by atoms with van der Waals surface area (Å²) in [5.74, 6) is -0.525. The van der Waals surface area contributed by atoms with E-state index in [-0.39, 0.29) is 23.3 Å². The Morgan fingerprint density at radius 1 is 1.11 bits per heavy atom. The number of hydrogen-bond donors (Lipinski definition) is 1. The first kappa shape index (κ1) is 20.8. The average molecular weight is 421 g/mol. The van der Waals surface area contributed by atoms with Crippen LogP contribution in [0.4, 0.5) is 5.69 Å². The molecule has 0 bridgehead atoms. The predicted octanol–water partition coefficient (Wildman–Crippen LogP) is 4.30. The maximum absolute atomic E-state index is 13.0. The summed E-state index contributed by atoms with van der Waals surface area (Å²) < 4.78 is 27.4. The van der Waals surface area contributed by atoms with Crippen molar-refractivity contribution in [2.24, 2.45) is 5.92 Å². The normalized spacial score (nSPS) is 18.1. The number of nitrogens with zero attached hydrogens (tertiary/aromatic N) is 1. The van der Waals surface area contributed by atoms with Crippen molar-refractivity contribution in [2.45, 2.75) is 38.5 Å². The van der Waals surface area contributed by atoms with Crippen molar-refractivity contribution in [1.29, 1.82) is 0 Å². The number of carbonyl (C=O) groups excluding carboxylic acids is 1. The molecule has 1 amide bonds. The number of hydrogen-bond acceptors (Lipinski definition) is 3. The fourth-order valence-corrected chi connectivity index (χ4v) is 5.29. The first-order chi connectivity index (χ1) is 13.2. The van der Waals surface area contributed by atoms with Gasteiger partial charge in [0.15, 0.2) is 0 Å². The molecular formula is C21H25ClN2O3S. The van der Waals surface area contributed by atoms with Gasteiger partial charge < -0.3 is 5.32 Å². The smallest absolute Gasteiger partial charge is 0.243 e. The third kappa shape index (κ3) is 4.24. The van der Waals surface area contributed by atoms with Gasteiger partial charge in [-0.2, -0.15) is 4.31 Å². The first-order valence-electron chi connectivity index (χ1n) is 9.33. The minimum atomic E-state index is -3.69. The number of carbonyl (C=O) groups is 1. The van der Waals surface area contributed by atoms with Crippen molar-refractivity contribution in [3.8, 4) is 0 Å². The van der Waals surface area contributed by atoms with Gasteiger partial charge in [0.1, 0.15) is 0 Å². The number of rotatable bonds is 4. The third-order valence-electron chi connectivity index (χ3n) is 5.27. The monoisotopic (exact) mass is 420 g/mol. The van der Waals surface area contributed by atoms with Crippen LogP contribution in [0.25, 0.3) is 0 Å². The third-order valence-corrected chi connectivity index (χ3v) is 7.53. The van der Waals surface area contributed by atoms with Crippen LogP contribution in [0.1, 0.15) is 29.5 Å². The Kier molecular flexibility index (Phi) is 6.12. The molecule has 0 aliphatic carbocycles. The van der Waals surface area contributed by atoms with Gasteiger partial charge in [0.25, 0.3) is 0 Å². The minimum absolute atomic E-state index is 0.140. The molecule has 0 unspecified atom stereocenters. The van der Waals surface area contributed by atoms with E-state index in [1.54, 1.807) is 12.1 Å². The van der Waals surface area contributed by atoms with Crippen LogP contribution in [-0.4, -0.2) is 31.7 Å². The van der Waals surface area contributed by atoms with Gasteiger partial charge in [-0.25, -0.2) is 8.42 Å². The number of piperidine rings is 1. The van der Waals surface area contributed by atoms with E-state index in [0.717, 1.165) is 22.4 Å². The fraction of sp³-hybridized carbons (Fsp3) is 0.381. The molecule has 2 aromatic carbocycles. The lowest BCUT2D eigenvalue weighted by molar-refractivity contribution is -0.120. The summed E-state index contributed by atoms with van der Waals surface area (Å²) in [6.07, 6.45) is 1.31.